The molecule has 0 saturated heterocycles. The van der Waals surface area contributed by atoms with E-state index in [9.17, 15) is 39.6 Å². The zero-order valence-electron chi connectivity index (χ0n) is 11.9. The highest BCUT2D eigenvalue weighted by atomic mass is 16.4. The maximum atomic E-state index is 11.5. The van der Waals surface area contributed by atoms with Gasteiger partial charge in [-0.25, -0.2) is 0 Å². The first-order valence-electron chi connectivity index (χ1n) is 7.08. The van der Waals surface area contributed by atoms with E-state index in [1.54, 1.807) is 6.92 Å². The van der Waals surface area contributed by atoms with Gasteiger partial charge in [0.1, 0.15) is 0 Å². The van der Waals surface area contributed by atoms with Gasteiger partial charge in [0, 0.05) is 0 Å². The smallest absolute Gasteiger partial charge is 0.307 e. The molecule has 0 aromatic heterocycles. The zero-order chi connectivity index (χ0) is 16.8. The number of hydrogen-bond acceptors (Lipinski definition) is 4. The average Bonchev–Trinajstić information content (AvgIpc) is 2.38. The summed E-state index contributed by atoms with van der Waals surface area (Å²) in [6.07, 6.45) is 0.0939. The Hall–Kier alpha value is -2.12. The fraction of sp³-hybridized carbons (Fsp3) is 0.714. The number of hydrogen-bond donors (Lipinski definition) is 4. The van der Waals surface area contributed by atoms with Crippen LogP contribution >= 0.6 is 0 Å². The third kappa shape index (κ3) is 2.05. The van der Waals surface area contributed by atoms with E-state index in [-0.39, 0.29) is 12.8 Å². The van der Waals surface area contributed by atoms with Crippen LogP contribution in [0.15, 0.2) is 0 Å². The molecule has 8 nitrogen and oxygen atoms in total. The molecular formula is C14H18O8. The van der Waals surface area contributed by atoms with Crippen molar-refractivity contribution in [2.45, 2.75) is 26.2 Å². The number of carboxylic acid groups (broad SMARTS) is 4. The van der Waals surface area contributed by atoms with Gasteiger partial charge in [0.15, 0.2) is 0 Å². The van der Waals surface area contributed by atoms with Gasteiger partial charge >= 0.3 is 23.9 Å². The second-order valence-electron chi connectivity index (χ2n) is 6.20. The third-order valence-electron chi connectivity index (χ3n) is 5.59. The van der Waals surface area contributed by atoms with E-state index in [1.165, 1.54) is 0 Å². The summed E-state index contributed by atoms with van der Waals surface area (Å²) in [6.45, 7) is 1.70. The van der Waals surface area contributed by atoms with Crippen LogP contribution in [0.1, 0.15) is 26.2 Å². The van der Waals surface area contributed by atoms with Crippen LogP contribution in [0.5, 0.6) is 0 Å². The molecule has 2 aliphatic rings. The summed E-state index contributed by atoms with van der Waals surface area (Å²) >= 11 is 0. The molecule has 122 valence electrons. The van der Waals surface area contributed by atoms with Crippen molar-refractivity contribution in [3.63, 3.8) is 0 Å². The Morgan fingerprint density at radius 2 is 1.45 bits per heavy atom. The second kappa shape index (κ2) is 5.26. The summed E-state index contributed by atoms with van der Waals surface area (Å²) < 4.78 is 0. The van der Waals surface area contributed by atoms with Crippen LogP contribution in [0.2, 0.25) is 0 Å². The minimum Gasteiger partial charge on any atom is -0.481 e. The molecule has 8 heteroatoms. The van der Waals surface area contributed by atoms with E-state index in [0.29, 0.717) is 6.42 Å². The van der Waals surface area contributed by atoms with Gasteiger partial charge in [-0.05, 0) is 30.6 Å². The minimum absolute atomic E-state index is 0.110. The average molecular weight is 314 g/mol. The Morgan fingerprint density at radius 3 is 1.82 bits per heavy atom. The van der Waals surface area contributed by atoms with Crippen molar-refractivity contribution in [3.05, 3.63) is 0 Å². The molecule has 6 unspecified atom stereocenters. The van der Waals surface area contributed by atoms with Crippen LogP contribution in [-0.2, 0) is 19.2 Å². The van der Waals surface area contributed by atoms with Crippen LogP contribution in [0.3, 0.4) is 0 Å². The summed E-state index contributed by atoms with van der Waals surface area (Å²) in [5, 5.41) is 37.1. The topological polar surface area (TPSA) is 149 Å². The molecule has 0 heterocycles. The van der Waals surface area contributed by atoms with Crippen molar-refractivity contribution < 1.29 is 39.6 Å². The largest absolute Gasteiger partial charge is 0.481 e. The molecular weight excluding hydrogens is 296 g/mol. The summed E-state index contributed by atoms with van der Waals surface area (Å²) in [6, 6.07) is 0. The van der Waals surface area contributed by atoms with Crippen LogP contribution in [0, 0.1) is 35.0 Å². The lowest BCUT2D eigenvalue weighted by molar-refractivity contribution is -0.216. The second-order valence-corrected chi connectivity index (χ2v) is 6.20. The maximum absolute atomic E-state index is 11.5. The number of rotatable bonds is 5. The van der Waals surface area contributed by atoms with E-state index in [4.69, 9.17) is 0 Å². The summed E-state index contributed by atoms with van der Waals surface area (Å²) in [5.41, 5.74) is -0.954. The number of aliphatic carboxylic acids is 4. The summed E-state index contributed by atoms with van der Waals surface area (Å²) in [7, 11) is 0. The van der Waals surface area contributed by atoms with E-state index in [0.717, 1.165) is 0 Å². The first kappa shape index (κ1) is 16.3. The minimum atomic E-state index is -1.28. The highest BCUT2D eigenvalue weighted by Gasteiger charge is 2.70. The molecule has 0 aromatic carbocycles. The molecule has 0 bridgehead atoms. The first-order valence-corrected chi connectivity index (χ1v) is 7.08. The summed E-state index contributed by atoms with van der Waals surface area (Å²) in [5.74, 6) is -10.4. The Balaban J connectivity index is 2.44. The van der Waals surface area contributed by atoms with Gasteiger partial charge in [-0.15, -0.1) is 0 Å². The fourth-order valence-corrected chi connectivity index (χ4v) is 4.58. The SMILES string of the molecule is CCC12CC(C(=O)O)C(C(=O)O)CC1C(C(=O)O)C2C(=O)O. The predicted octanol–water partition coefficient (Wildman–Crippen LogP) is 0.610. The number of carboxylic acids is 4. The Bertz CT molecular complexity index is 529. The molecule has 6 atom stereocenters. The van der Waals surface area contributed by atoms with E-state index in [1.807, 2.05) is 0 Å². The molecule has 2 aliphatic carbocycles. The molecule has 4 N–H and O–H groups in total. The normalized spacial score (nSPS) is 40.1. The van der Waals surface area contributed by atoms with Gasteiger partial charge in [0.2, 0.25) is 0 Å². The van der Waals surface area contributed by atoms with Crippen LogP contribution in [0.4, 0.5) is 0 Å². The molecule has 0 spiro atoms. The van der Waals surface area contributed by atoms with E-state index < -0.39 is 58.9 Å². The highest BCUT2D eigenvalue weighted by Crippen LogP contribution is 2.66. The van der Waals surface area contributed by atoms with Crippen molar-refractivity contribution in [1.29, 1.82) is 0 Å². The molecule has 0 amide bonds. The molecule has 2 fully saturated rings. The highest BCUT2D eigenvalue weighted by molar-refractivity contribution is 5.86. The quantitative estimate of drug-likeness (QED) is 0.576. The zero-order valence-corrected chi connectivity index (χ0v) is 11.9. The standard InChI is InChI=1S/C14H18O8/c1-2-14-4-6(11(17)18)5(10(15)16)3-7(14)8(12(19)20)9(14)13(21)22/h5-9H,2-4H2,1H3,(H,15,16)(H,17,18)(H,19,20)(H,21,22). The van der Waals surface area contributed by atoms with Crippen LogP contribution < -0.4 is 0 Å². The Labute approximate surface area is 125 Å². The van der Waals surface area contributed by atoms with Gasteiger partial charge in [-0.1, -0.05) is 6.92 Å². The number of carbonyl (C=O) groups is 4. The predicted molar refractivity (Wildman–Crippen MR) is 70.0 cm³/mol. The fourth-order valence-electron chi connectivity index (χ4n) is 4.58. The van der Waals surface area contributed by atoms with Gasteiger partial charge in [-0.3, -0.25) is 19.2 Å². The Kier molecular flexibility index (Phi) is 3.88. The molecule has 0 aliphatic heterocycles. The lowest BCUT2D eigenvalue weighted by Gasteiger charge is -2.62. The number of fused-ring (bicyclic) bond motifs is 1. The van der Waals surface area contributed by atoms with Crippen molar-refractivity contribution in [2.75, 3.05) is 0 Å². The monoisotopic (exact) mass is 314 g/mol. The van der Waals surface area contributed by atoms with Gasteiger partial charge in [-0.2, -0.15) is 0 Å². The van der Waals surface area contributed by atoms with Crippen LogP contribution in [0.25, 0.3) is 0 Å². The van der Waals surface area contributed by atoms with Gasteiger partial charge in [0.25, 0.3) is 0 Å². The first-order chi connectivity index (χ1) is 10.2. The molecule has 0 aromatic rings. The molecule has 22 heavy (non-hydrogen) atoms. The van der Waals surface area contributed by atoms with E-state index >= 15 is 0 Å². The van der Waals surface area contributed by atoms with Crippen molar-refractivity contribution in [1.82, 2.24) is 0 Å². The maximum Gasteiger partial charge on any atom is 0.307 e. The van der Waals surface area contributed by atoms with Gasteiger partial charge in [0.05, 0.1) is 23.7 Å². The van der Waals surface area contributed by atoms with Crippen molar-refractivity contribution in [3.8, 4) is 0 Å². The summed E-state index contributed by atoms with van der Waals surface area (Å²) in [4.78, 5) is 45.5. The lowest BCUT2D eigenvalue weighted by Crippen LogP contribution is -2.66. The lowest BCUT2D eigenvalue weighted by atomic mass is 9.39. The molecule has 2 rings (SSSR count). The third-order valence-corrected chi connectivity index (χ3v) is 5.59. The van der Waals surface area contributed by atoms with Gasteiger partial charge < -0.3 is 20.4 Å². The van der Waals surface area contributed by atoms with Crippen molar-refractivity contribution >= 4 is 23.9 Å². The molecule has 0 radical (unpaired) electrons. The molecule has 2 saturated carbocycles. The van der Waals surface area contributed by atoms with E-state index in [2.05, 4.69) is 0 Å². The van der Waals surface area contributed by atoms with Crippen molar-refractivity contribution in [2.24, 2.45) is 35.0 Å². The van der Waals surface area contributed by atoms with Crippen LogP contribution in [-0.4, -0.2) is 44.3 Å². The Morgan fingerprint density at radius 1 is 0.909 bits per heavy atom.